The lowest BCUT2D eigenvalue weighted by Crippen LogP contribution is -2.22. The van der Waals surface area contributed by atoms with Gasteiger partial charge in [-0.25, -0.2) is 18.4 Å². The number of halogens is 2. The zero-order chi connectivity index (χ0) is 16.3. The molecule has 0 aliphatic carbocycles. The number of hydrogen-bond donors (Lipinski definition) is 1. The van der Waals surface area contributed by atoms with Gasteiger partial charge in [0.25, 0.3) is 0 Å². The lowest BCUT2D eigenvalue weighted by atomic mass is 10.1. The second-order valence-corrected chi connectivity index (χ2v) is 7.76. The molecule has 1 N–H and O–H groups in total. The van der Waals surface area contributed by atoms with Crippen LogP contribution in [0.25, 0.3) is 0 Å². The summed E-state index contributed by atoms with van der Waals surface area (Å²) in [4.78, 5) is 7.71. The third kappa shape index (κ3) is 3.63. The van der Waals surface area contributed by atoms with Gasteiger partial charge >= 0.3 is 0 Å². The van der Waals surface area contributed by atoms with E-state index in [1.807, 2.05) is 0 Å². The third-order valence-electron chi connectivity index (χ3n) is 3.10. The monoisotopic (exact) mass is 357 g/mol. The van der Waals surface area contributed by atoms with Gasteiger partial charge in [-0.2, -0.15) is 0 Å². The number of nitrogens with one attached hydrogen (secondary N) is 1. The van der Waals surface area contributed by atoms with Crippen LogP contribution in [0.3, 0.4) is 0 Å². The summed E-state index contributed by atoms with van der Waals surface area (Å²) in [5.41, 5.74) is 0.383. The topological polar surface area (TPSA) is 83.8 Å². The van der Waals surface area contributed by atoms with Crippen molar-refractivity contribution >= 4 is 38.8 Å². The second kappa shape index (κ2) is 6.73. The van der Waals surface area contributed by atoms with E-state index in [0.29, 0.717) is 5.69 Å². The molecule has 0 bridgehead atoms. The Labute approximate surface area is 138 Å². The fourth-order valence-corrected chi connectivity index (χ4v) is 3.93. The van der Waals surface area contributed by atoms with Crippen molar-refractivity contribution < 1.29 is 8.42 Å². The highest BCUT2D eigenvalue weighted by Gasteiger charge is 2.27. The smallest absolute Gasteiger partial charge is 0.222 e. The van der Waals surface area contributed by atoms with Crippen molar-refractivity contribution in [2.45, 2.75) is 23.5 Å². The van der Waals surface area contributed by atoms with Crippen LogP contribution in [0.5, 0.6) is 0 Å². The molecule has 0 unspecified atom stereocenters. The third-order valence-corrected chi connectivity index (χ3v) is 5.92. The van der Waals surface area contributed by atoms with E-state index in [9.17, 15) is 8.42 Å². The molecule has 0 aliphatic heterocycles. The minimum atomic E-state index is -3.63. The maximum absolute atomic E-state index is 12.5. The van der Waals surface area contributed by atoms with Crippen LogP contribution in [-0.4, -0.2) is 29.3 Å². The Morgan fingerprint density at radius 2 is 1.95 bits per heavy atom. The van der Waals surface area contributed by atoms with Gasteiger partial charge in [-0.1, -0.05) is 23.7 Å². The van der Waals surface area contributed by atoms with Gasteiger partial charge in [-0.15, -0.1) is 0 Å². The van der Waals surface area contributed by atoms with Crippen molar-refractivity contribution in [3.05, 3.63) is 52.5 Å². The van der Waals surface area contributed by atoms with Crippen LogP contribution in [0.15, 0.2) is 41.4 Å². The summed E-state index contributed by atoms with van der Waals surface area (Å²) in [5.74, 6) is 0. The highest BCUT2D eigenvalue weighted by molar-refractivity contribution is 7.92. The van der Waals surface area contributed by atoms with Gasteiger partial charge in [0, 0.05) is 12.6 Å². The predicted octanol–water partition coefficient (Wildman–Crippen LogP) is 3.40. The van der Waals surface area contributed by atoms with Gasteiger partial charge in [0.05, 0.1) is 26.6 Å². The largest absolute Gasteiger partial charge is 0.303 e. The standard InChI is InChI=1S/C14H13Cl2N3O2S/c1-9(8-11(17)12-6-7-18-14(16)19-12)22(20,21)13-5-3-2-4-10(13)15/h2-7,9,17H,8H2,1H3/t9-/m0/s1. The Balaban J connectivity index is 2.23. The summed E-state index contributed by atoms with van der Waals surface area (Å²) in [6, 6.07) is 7.77. The van der Waals surface area contributed by atoms with E-state index in [2.05, 4.69) is 9.97 Å². The molecule has 116 valence electrons. The first-order valence-electron chi connectivity index (χ1n) is 6.37. The number of sulfone groups is 1. The van der Waals surface area contributed by atoms with Crippen molar-refractivity contribution in [1.29, 1.82) is 5.41 Å². The normalized spacial score (nSPS) is 12.9. The van der Waals surface area contributed by atoms with Crippen molar-refractivity contribution in [3.8, 4) is 0 Å². The average Bonchev–Trinajstić information content (AvgIpc) is 2.47. The molecule has 2 aromatic rings. The molecule has 0 fully saturated rings. The van der Waals surface area contributed by atoms with Gasteiger partial charge < -0.3 is 5.41 Å². The van der Waals surface area contributed by atoms with E-state index in [1.54, 1.807) is 12.1 Å². The van der Waals surface area contributed by atoms with Gasteiger partial charge in [0.15, 0.2) is 9.84 Å². The summed E-state index contributed by atoms with van der Waals surface area (Å²) in [5, 5.41) is 7.38. The summed E-state index contributed by atoms with van der Waals surface area (Å²) in [7, 11) is -3.63. The number of hydrogen-bond acceptors (Lipinski definition) is 5. The Hall–Kier alpha value is -1.50. The summed E-state index contributed by atoms with van der Waals surface area (Å²) in [6.45, 7) is 1.54. The highest BCUT2D eigenvalue weighted by atomic mass is 35.5. The van der Waals surface area contributed by atoms with Crippen LogP contribution in [0.4, 0.5) is 0 Å². The minimum Gasteiger partial charge on any atom is -0.303 e. The summed E-state index contributed by atoms with van der Waals surface area (Å²) >= 11 is 11.6. The fraction of sp³-hybridized carbons (Fsp3) is 0.214. The van der Waals surface area contributed by atoms with E-state index >= 15 is 0 Å². The Kier molecular flexibility index (Phi) is 5.16. The van der Waals surface area contributed by atoms with Crippen LogP contribution >= 0.6 is 23.2 Å². The van der Waals surface area contributed by atoms with Gasteiger partial charge in [0.2, 0.25) is 5.28 Å². The molecule has 0 saturated carbocycles. The maximum Gasteiger partial charge on any atom is 0.222 e. The zero-order valence-electron chi connectivity index (χ0n) is 11.6. The molecule has 2 rings (SSSR count). The molecule has 0 aliphatic rings. The van der Waals surface area contributed by atoms with E-state index in [4.69, 9.17) is 28.6 Å². The maximum atomic E-state index is 12.5. The predicted molar refractivity (Wildman–Crippen MR) is 86.6 cm³/mol. The van der Waals surface area contributed by atoms with Gasteiger partial charge in [-0.05, 0) is 36.7 Å². The molecule has 8 heteroatoms. The molecule has 1 heterocycles. The molecule has 1 aromatic carbocycles. The first-order chi connectivity index (χ1) is 10.3. The summed E-state index contributed by atoms with van der Waals surface area (Å²) in [6.07, 6.45) is 1.42. The van der Waals surface area contributed by atoms with Crippen LogP contribution in [0.1, 0.15) is 19.0 Å². The first kappa shape index (κ1) is 16.9. The van der Waals surface area contributed by atoms with Crippen molar-refractivity contribution in [3.63, 3.8) is 0 Å². The van der Waals surface area contributed by atoms with Crippen LogP contribution < -0.4 is 0 Å². The number of aromatic nitrogens is 2. The van der Waals surface area contributed by atoms with E-state index in [1.165, 1.54) is 31.3 Å². The second-order valence-electron chi connectivity index (χ2n) is 4.68. The van der Waals surface area contributed by atoms with E-state index in [-0.39, 0.29) is 27.3 Å². The molecule has 5 nitrogen and oxygen atoms in total. The van der Waals surface area contributed by atoms with E-state index in [0.717, 1.165) is 0 Å². The van der Waals surface area contributed by atoms with E-state index < -0.39 is 15.1 Å². The molecular formula is C14H13Cl2N3O2S. The lowest BCUT2D eigenvalue weighted by Gasteiger charge is -2.14. The quantitative estimate of drug-likeness (QED) is 0.656. The van der Waals surface area contributed by atoms with Gasteiger partial charge in [0.1, 0.15) is 0 Å². The Morgan fingerprint density at radius 1 is 1.27 bits per heavy atom. The summed E-state index contributed by atoms with van der Waals surface area (Å²) < 4.78 is 25.1. The van der Waals surface area contributed by atoms with Gasteiger partial charge in [-0.3, -0.25) is 0 Å². The number of benzene rings is 1. The molecule has 0 radical (unpaired) electrons. The van der Waals surface area contributed by atoms with Crippen LogP contribution in [0.2, 0.25) is 10.3 Å². The average molecular weight is 358 g/mol. The lowest BCUT2D eigenvalue weighted by molar-refractivity contribution is 0.585. The van der Waals surface area contributed by atoms with Crippen molar-refractivity contribution in [2.75, 3.05) is 0 Å². The molecular weight excluding hydrogens is 345 g/mol. The Morgan fingerprint density at radius 3 is 2.59 bits per heavy atom. The number of rotatable bonds is 5. The molecule has 1 atom stereocenters. The fourth-order valence-electron chi connectivity index (χ4n) is 1.90. The molecule has 0 saturated heterocycles. The molecule has 0 amide bonds. The van der Waals surface area contributed by atoms with Crippen molar-refractivity contribution in [1.82, 2.24) is 9.97 Å². The Bertz CT molecular complexity index is 809. The molecule has 22 heavy (non-hydrogen) atoms. The highest BCUT2D eigenvalue weighted by Crippen LogP contribution is 2.26. The number of nitrogens with zero attached hydrogens (tertiary/aromatic N) is 2. The van der Waals surface area contributed by atoms with Crippen LogP contribution in [-0.2, 0) is 9.84 Å². The first-order valence-corrected chi connectivity index (χ1v) is 8.67. The molecule has 1 aromatic heterocycles. The van der Waals surface area contributed by atoms with Crippen LogP contribution in [0, 0.1) is 5.41 Å². The molecule has 0 spiro atoms. The van der Waals surface area contributed by atoms with Crippen molar-refractivity contribution in [2.24, 2.45) is 0 Å². The zero-order valence-corrected chi connectivity index (χ0v) is 14.0. The SMILES string of the molecule is C[C@@H](CC(=N)c1ccnc(Cl)n1)S(=O)(=O)c1ccccc1Cl. The minimum absolute atomic E-state index is 0.000892.